The van der Waals surface area contributed by atoms with Gasteiger partial charge in [0.25, 0.3) is 11.8 Å². The van der Waals surface area contributed by atoms with Gasteiger partial charge in [-0.25, -0.2) is 0 Å². The molecule has 19 heteroatoms. The largest absolute Gasteiger partial charge is 0.491 e. The van der Waals surface area contributed by atoms with E-state index in [1.54, 1.807) is 11.0 Å². The van der Waals surface area contributed by atoms with E-state index in [2.05, 4.69) is 82.2 Å². The van der Waals surface area contributed by atoms with Gasteiger partial charge in [0, 0.05) is 61.8 Å². The molecule has 70 heavy (non-hydrogen) atoms. The van der Waals surface area contributed by atoms with Crippen LogP contribution in [0.1, 0.15) is 57.7 Å². The van der Waals surface area contributed by atoms with Crippen LogP contribution in [0.5, 0.6) is 11.8 Å². The molecule has 3 aromatic carbocycles. The summed E-state index contributed by atoms with van der Waals surface area (Å²) in [6, 6.07) is 20.6. The number of nitrogens with zero attached hydrogens (tertiary/aromatic N) is 8. The number of carbonyl (C=O) groups excluding carboxylic acids is 5. The van der Waals surface area contributed by atoms with Crippen molar-refractivity contribution in [1.29, 1.82) is 5.26 Å². The third kappa shape index (κ3) is 10.5. The van der Waals surface area contributed by atoms with E-state index < -0.39 is 29.7 Å². The minimum absolute atomic E-state index is 0.00959. The van der Waals surface area contributed by atoms with Gasteiger partial charge in [0.05, 0.1) is 81.0 Å². The highest BCUT2D eigenvalue weighted by molar-refractivity contribution is 6.23. The number of likely N-dealkylation sites (N-methyl/N-ethyl adjacent to an activating group) is 1. The summed E-state index contributed by atoms with van der Waals surface area (Å²) in [7, 11) is 2.05. The number of benzene rings is 3. The van der Waals surface area contributed by atoms with E-state index in [4.69, 9.17) is 33.7 Å². The molecule has 5 aliphatic rings. The first-order chi connectivity index (χ1) is 34.1. The second kappa shape index (κ2) is 21.8. The van der Waals surface area contributed by atoms with E-state index in [1.807, 2.05) is 0 Å². The predicted molar refractivity (Wildman–Crippen MR) is 255 cm³/mol. The Morgan fingerprint density at radius 2 is 1.64 bits per heavy atom. The van der Waals surface area contributed by atoms with Crippen molar-refractivity contribution in [2.24, 2.45) is 0 Å². The van der Waals surface area contributed by atoms with Crippen LogP contribution in [-0.2, 0) is 41.6 Å². The van der Waals surface area contributed by atoms with Crippen LogP contribution in [0.15, 0.2) is 73.3 Å². The zero-order valence-corrected chi connectivity index (χ0v) is 39.3. The molecular formula is C51H57N9O10. The molecule has 3 fully saturated rings. The van der Waals surface area contributed by atoms with Gasteiger partial charge >= 0.3 is 6.01 Å². The SMILES string of the molecule is C=CC(=O)N1CCN(c2nc(OC[C@@H]3C[C@@H](OCCOCCOCCOc4ccc5c(c4)C(=O)N(C4CCC(=O)NC4=O)C5=O)CN3C)nc3c2CCN(c2cccc4ccccc24)C3)C[C@@H]1CC#N. The maximum absolute atomic E-state index is 13.1. The topological polar surface area (TPSA) is 209 Å². The van der Waals surface area contributed by atoms with Crippen molar-refractivity contribution in [3.05, 3.63) is 95.7 Å². The smallest absolute Gasteiger partial charge is 0.318 e. The second-order valence-electron chi connectivity index (χ2n) is 18.0. The van der Waals surface area contributed by atoms with Crippen LogP contribution >= 0.6 is 0 Å². The molecule has 0 spiro atoms. The van der Waals surface area contributed by atoms with Gasteiger partial charge in [-0.3, -0.25) is 39.1 Å². The fourth-order valence-corrected chi connectivity index (χ4v) is 10.0. The van der Waals surface area contributed by atoms with Crippen molar-refractivity contribution < 1.29 is 47.7 Å². The van der Waals surface area contributed by atoms with Gasteiger partial charge in [-0.05, 0) is 62.0 Å². The Bertz CT molecular complexity index is 2690. The number of hydrogen-bond acceptors (Lipinski definition) is 16. The van der Waals surface area contributed by atoms with E-state index in [1.165, 1.54) is 29.0 Å². The number of piperazine rings is 1. The fraction of sp³-hybridized carbons (Fsp3) is 0.451. The molecule has 5 amide bonds. The molecule has 0 aliphatic carbocycles. The molecule has 5 aliphatic heterocycles. The van der Waals surface area contributed by atoms with Crippen molar-refractivity contribution in [3.8, 4) is 17.8 Å². The number of piperidine rings is 1. The minimum Gasteiger partial charge on any atom is -0.491 e. The normalized spacial score (nSPS) is 21.4. The van der Waals surface area contributed by atoms with Crippen molar-refractivity contribution in [2.75, 3.05) is 95.8 Å². The summed E-state index contributed by atoms with van der Waals surface area (Å²) in [4.78, 5) is 82.2. The number of carbonyl (C=O) groups is 5. The van der Waals surface area contributed by atoms with Crippen molar-refractivity contribution in [2.45, 2.75) is 62.9 Å². The van der Waals surface area contributed by atoms with Crippen LogP contribution in [0.2, 0.25) is 0 Å². The van der Waals surface area contributed by atoms with Crippen LogP contribution in [0.25, 0.3) is 10.8 Å². The zero-order valence-electron chi connectivity index (χ0n) is 39.3. The van der Waals surface area contributed by atoms with Crippen LogP contribution in [0, 0.1) is 11.3 Å². The van der Waals surface area contributed by atoms with Crippen LogP contribution in [0.3, 0.4) is 0 Å². The number of likely N-dealkylation sites (tertiary alicyclic amines) is 1. The Morgan fingerprint density at radius 1 is 0.857 bits per heavy atom. The maximum Gasteiger partial charge on any atom is 0.318 e. The lowest BCUT2D eigenvalue weighted by Gasteiger charge is -2.42. The molecule has 6 heterocycles. The van der Waals surface area contributed by atoms with Crippen molar-refractivity contribution in [1.82, 2.24) is 30.0 Å². The Hall–Kier alpha value is -6.98. The summed E-state index contributed by atoms with van der Waals surface area (Å²) < 4.78 is 29.8. The molecule has 1 N–H and O–H groups in total. The second-order valence-corrected chi connectivity index (χ2v) is 18.0. The number of aromatic nitrogens is 2. The number of ether oxygens (including phenoxy) is 5. The van der Waals surface area contributed by atoms with Gasteiger partial charge in [0.15, 0.2) is 0 Å². The lowest BCUT2D eigenvalue weighted by molar-refractivity contribution is -0.136. The molecule has 0 bridgehead atoms. The van der Waals surface area contributed by atoms with Crippen molar-refractivity contribution in [3.63, 3.8) is 0 Å². The van der Waals surface area contributed by atoms with Crippen molar-refractivity contribution >= 4 is 51.8 Å². The maximum atomic E-state index is 13.1. The average molecular weight is 956 g/mol. The average Bonchev–Trinajstić information content (AvgIpc) is 3.85. The first kappa shape index (κ1) is 48.1. The third-order valence-electron chi connectivity index (χ3n) is 13.6. The summed E-state index contributed by atoms with van der Waals surface area (Å²) in [5.74, 6) is -1.25. The van der Waals surface area contributed by atoms with E-state index in [0.717, 1.165) is 53.6 Å². The quantitative estimate of drug-likeness (QED) is 0.0813. The number of nitrogens with one attached hydrogen (secondary N) is 1. The molecule has 4 aromatic rings. The van der Waals surface area contributed by atoms with Gasteiger partial charge in [0.1, 0.15) is 30.8 Å². The number of anilines is 2. The molecule has 1 unspecified atom stereocenters. The van der Waals surface area contributed by atoms with E-state index in [9.17, 15) is 29.2 Å². The van der Waals surface area contributed by atoms with Gasteiger partial charge in [-0.1, -0.05) is 43.0 Å². The number of amides is 5. The van der Waals surface area contributed by atoms with E-state index in [-0.39, 0.29) is 67.7 Å². The third-order valence-corrected chi connectivity index (χ3v) is 13.6. The molecule has 0 radical (unpaired) electrons. The summed E-state index contributed by atoms with van der Waals surface area (Å²) >= 11 is 0. The first-order valence-corrected chi connectivity index (χ1v) is 23.9. The number of nitriles is 1. The molecule has 4 atom stereocenters. The lowest BCUT2D eigenvalue weighted by atomic mass is 10.0. The Labute approximate surface area is 405 Å². The highest BCUT2D eigenvalue weighted by atomic mass is 16.6. The summed E-state index contributed by atoms with van der Waals surface area (Å²) in [5.41, 5.74) is 3.44. The minimum atomic E-state index is -1.03. The highest BCUT2D eigenvalue weighted by Crippen LogP contribution is 2.36. The van der Waals surface area contributed by atoms with Crippen LogP contribution in [-0.4, -0.2) is 164 Å². The van der Waals surface area contributed by atoms with Gasteiger partial charge in [-0.2, -0.15) is 15.2 Å². The molecule has 19 nitrogen and oxygen atoms in total. The highest BCUT2D eigenvalue weighted by Gasteiger charge is 2.45. The number of imide groups is 2. The number of hydrogen-bond donors (Lipinski definition) is 1. The fourth-order valence-electron chi connectivity index (χ4n) is 10.0. The summed E-state index contributed by atoms with van der Waals surface area (Å²) in [6.07, 6.45) is 3.12. The molecule has 3 saturated heterocycles. The van der Waals surface area contributed by atoms with Crippen LogP contribution < -0.4 is 24.6 Å². The molecule has 366 valence electrons. The molecular weight excluding hydrogens is 899 g/mol. The monoisotopic (exact) mass is 955 g/mol. The molecule has 9 rings (SSSR count). The van der Waals surface area contributed by atoms with E-state index in [0.29, 0.717) is 71.0 Å². The number of rotatable bonds is 19. The Balaban J connectivity index is 0.727. The van der Waals surface area contributed by atoms with Crippen LogP contribution in [0.4, 0.5) is 11.5 Å². The van der Waals surface area contributed by atoms with Gasteiger partial charge in [0.2, 0.25) is 17.7 Å². The zero-order chi connectivity index (χ0) is 48.7. The summed E-state index contributed by atoms with van der Waals surface area (Å²) in [6.45, 7) is 9.58. The Morgan fingerprint density at radius 3 is 2.46 bits per heavy atom. The first-order valence-electron chi connectivity index (χ1n) is 23.9. The summed E-state index contributed by atoms with van der Waals surface area (Å²) in [5, 5.41) is 14.2. The predicted octanol–water partition coefficient (Wildman–Crippen LogP) is 3.29. The number of fused-ring (bicyclic) bond motifs is 3. The standard InChI is InChI=1S/C51H57N9O10/c1-3-46(62)59-20-19-58(29-34(59)15-17-52)47-40-16-18-57(43-10-6-8-33-7-4-5-9-38(33)43)31-42(40)53-51(55-47)70-32-35-27-37(30-56(35)2)69-26-24-67-22-21-66-23-25-68-36-11-12-39-41(28-36)50(65)60(49(39)64)44-13-14-45(61)54-48(44)63/h3-12,28,34-35,37,44H,1,13-16,18-27,29-32H2,2H3,(H,54,61,63)/t34-,35-,37+,44?/m0/s1. The molecule has 1 aromatic heterocycles. The lowest BCUT2D eigenvalue weighted by Crippen LogP contribution is -2.55. The molecule has 0 saturated carbocycles. The van der Waals surface area contributed by atoms with Gasteiger partial charge in [-0.15, -0.1) is 0 Å². The van der Waals surface area contributed by atoms with E-state index >= 15 is 0 Å². The Kier molecular flexibility index (Phi) is 14.9. The van der Waals surface area contributed by atoms with Gasteiger partial charge < -0.3 is 38.4 Å².